The van der Waals surface area contributed by atoms with Crippen LogP contribution in [0.25, 0.3) is 6.08 Å². The summed E-state index contributed by atoms with van der Waals surface area (Å²) in [7, 11) is 0. The number of halogens is 1. The Morgan fingerprint density at radius 2 is 2.08 bits per heavy atom. The highest BCUT2D eigenvalue weighted by Crippen LogP contribution is 2.31. The lowest BCUT2D eigenvalue weighted by Gasteiger charge is -2.11. The number of thioether (sulfide) groups is 1. The highest BCUT2D eigenvalue weighted by Gasteiger charge is 2.22. The van der Waals surface area contributed by atoms with Gasteiger partial charge < -0.3 is 14.8 Å². The number of nitrogens with one attached hydrogen (secondary N) is 1. The number of hydrogen-bond acceptors (Lipinski definition) is 6. The average Bonchev–Trinajstić information content (AvgIpc) is 2.92. The molecule has 2 heterocycles. The predicted octanol–water partition coefficient (Wildman–Crippen LogP) is 4.10. The molecule has 1 saturated heterocycles. The van der Waals surface area contributed by atoms with Crippen molar-refractivity contribution in [3.05, 3.63) is 57.2 Å². The summed E-state index contributed by atoms with van der Waals surface area (Å²) in [5.74, 6) is 1.17. The second kappa shape index (κ2) is 8.66. The van der Waals surface area contributed by atoms with Crippen LogP contribution in [0.4, 0.5) is 0 Å². The van der Waals surface area contributed by atoms with Crippen molar-refractivity contribution in [2.45, 2.75) is 6.92 Å². The van der Waals surface area contributed by atoms with Gasteiger partial charge in [0.15, 0.2) is 0 Å². The van der Waals surface area contributed by atoms with Gasteiger partial charge in [0.1, 0.15) is 29.0 Å². The van der Waals surface area contributed by atoms with E-state index in [0.29, 0.717) is 33.9 Å². The zero-order valence-electron chi connectivity index (χ0n) is 13.8. The molecule has 1 aliphatic rings. The minimum Gasteiger partial charge on any atom is -0.489 e. The van der Waals surface area contributed by atoms with E-state index in [9.17, 15) is 4.79 Å². The third kappa shape index (κ3) is 5.06. The van der Waals surface area contributed by atoms with E-state index in [2.05, 4.69) is 26.2 Å². The number of amides is 1. The van der Waals surface area contributed by atoms with E-state index >= 15 is 0 Å². The number of pyridine rings is 1. The van der Waals surface area contributed by atoms with Gasteiger partial charge in [0.05, 0.1) is 11.1 Å². The van der Waals surface area contributed by atoms with Crippen molar-refractivity contribution >= 4 is 56.2 Å². The molecular weight excluding hydrogens is 436 g/mol. The second-order valence-electron chi connectivity index (χ2n) is 5.37. The summed E-state index contributed by atoms with van der Waals surface area (Å²) < 4.78 is 12.8. The van der Waals surface area contributed by atoms with Crippen LogP contribution in [0.15, 0.2) is 45.9 Å². The zero-order chi connectivity index (χ0) is 18.5. The average molecular weight is 451 g/mol. The lowest BCUT2D eigenvalue weighted by molar-refractivity contribution is -0.115. The largest absolute Gasteiger partial charge is 0.489 e. The van der Waals surface area contributed by atoms with Gasteiger partial charge in [0.25, 0.3) is 5.91 Å². The summed E-state index contributed by atoms with van der Waals surface area (Å²) in [6, 6.07) is 9.39. The number of thiocarbonyl (C=S) groups is 1. The van der Waals surface area contributed by atoms with Crippen molar-refractivity contribution in [2.75, 3.05) is 13.2 Å². The van der Waals surface area contributed by atoms with E-state index in [1.54, 1.807) is 12.3 Å². The van der Waals surface area contributed by atoms with Gasteiger partial charge in [0.2, 0.25) is 0 Å². The van der Waals surface area contributed by atoms with Crippen molar-refractivity contribution in [3.63, 3.8) is 0 Å². The third-order valence-electron chi connectivity index (χ3n) is 3.39. The first-order valence-electron chi connectivity index (χ1n) is 7.74. The van der Waals surface area contributed by atoms with Crippen molar-refractivity contribution in [3.8, 4) is 11.5 Å². The molecule has 0 spiro atoms. The summed E-state index contributed by atoms with van der Waals surface area (Å²) in [6.07, 6.45) is 3.45. The van der Waals surface area contributed by atoms with Gasteiger partial charge in [-0.25, -0.2) is 0 Å². The Morgan fingerprint density at radius 1 is 1.27 bits per heavy atom. The van der Waals surface area contributed by atoms with Gasteiger partial charge >= 0.3 is 0 Å². The Morgan fingerprint density at radius 3 is 2.77 bits per heavy atom. The maximum atomic E-state index is 11.9. The Balaban J connectivity index is 1.64. The van der Waals surface area contributed by atoms with Crippen LogP contribution in [0.1, 0.15) is 11.3 Å². The van der Waals surface area contributed by atoms with E-state index < -0.39 is 0 Å². The molecule has 1 aromatic heterocycles. The Hall–Kier alpha value is -1.90. The minimum absolute atomic E-state index is 0.193. The first-order valence-corrected chi connectivity index (χ1v) is 9.76. The van der Waals surface area contributed by atoms with Crippen LogP contribution in [0.2, 0.25) is 0 Å². The second-order valence-corrected chi connectivity index (χ2v) is 8.00. The number of aromatic nitrogens is 1. The lowest BCUT2D eigenvalue weighted by Crippen LogP contribution is -2.17. The maximum absolute atomic E-state index is 11.9. The summed E-state index contributed by atoms with van der Waals surface area (Å²) >= 11 is 9.70. The smallest absolute Gasteiger partial charge is 0.263 e. The van der Waals surface area contributed by atoms with Gasteiger partial charge in [-0.1, -0.05) is 39.9 Å². The summed E-state index contributed by atoms with van der Waals surface area (Å²) in [5.41, 5.74) is 1.73. The third-order valence-corrected chi connectivity index (χ3v) is 5.05. The molecule has 1 N–H and O–H groups in total. The summed E-state index contributed by atoms with van der Waals surface area (Å²) in [5, 5.41) is 2.60. The fraction of sp³-hybridized carbons (Fsp3) is 0.167. The van der Waals surface area contributed by atoms with Gasteiger partial charge in [-0.2, -0.15) is 0 Å². The fourth-order valence-electron chi connectivity index (χ4n) is 2.18. The van der Waals surface area contributed by atoms with Gasteiger partial charge in [-0.3, -0.25) is 9.78 Å². The van der Waals surface area contributed by atoms with Crippen LogP contribution in [-0.4, -0.2) is 28.4 Å². The molecule has 5 nitrogen and oxygen atoms in total. The van der Waals surface area contributed by atoms with Crippen molar-refractivity contribution in [2.24, 2.45) is 0 Å². The highest BCUT2D eigenvalue weighted by molar-refractivity contribution is 9.10. The van der Waals surface area contributed by atoms with E-state index in [4.69, 9.17) is 21.7 Å². The topological polar surface area (TPSA) is 60.5 Å². The Labute approximate surface area is 169 Å². The van der Waals surface area contributed by atoms with Crippen LogP contribution >= 0.6 is 39.9 Å². The summed E-state index contributed by atoms with van der Waals surface area (Å²) in [4.78, 5) is 16.6. The van der Waals surface area contributed by atoms with Crippen LogP contribution in [0.5, 0.6) is 11.5 Å². The SMILES string of the molecule is Cc1ccc(OCCOc2ccc(Br)cc2/C=C2\SC(=S)NC2=O)cn1. The molecule has 2 aromatic rings. The number of benzene rings is 1. The van der Waals surface area contributed by atoms with Crippen LogP contribution in [-0.2, 0) is 4.79 Å². The first-order chi connectivity index (χ1) is 12.5. The molecule has 3 rings (SSSR count). The van der Waals surface area contributed by atoms with Crippen molar-refractivity contribution < 1.29 is 14.3 Å². The van der Waals surface area contributed by atoms with E-state index in [1.807, 2.05) is 37.3 Å². The number of nitrogens with zero attached hydrogens (tertiary/aromatic N) is 1. The molecule has 0 radical (unpaired) electrons. The van der Waals surface area contributed by atoms with E-state index in [0.717, 1.165) is 15.7 Å². The van der Waals surface area contributed by atoms with Gasteiger partial charge in [-0.05, 0) is 43.3 Å². The molecule has 1 aromatic carbocycles. The molecule has 0 aliphatic carbocycles. The Kier molecular flexibility index (Phi) is 6.29. The summed E-state index contributed by atoms with van der Waals surface area (Å²) in [6.45, 7) is 2.67. The standard InChI is InChI=1S/C18H15BrN2O3S2/c1-11-2-4-14(10-20-11)23-6-7-24-15-5-3-13(19)8-12(15)9-16-17(22)21-18(25)26-16/h2-5,8-10H,6-7H2,1H3,(H,21,22,25)/b16-9-. The minimum atomic E-state index is -0.193. The van der Waals surface area contributed by atoms with Crippen LogP contribution in [0, 0.1) is 6.92 Å². The number of ether oxygens (including phenoxy) is 2. The molecule has 26 heavy (non-hydrogen) atoms. The molecule has 0 bridgehead atoms. The molecule has 1 amide bonds. The number of aryl methyl sites for hydroxylation is 1. The number of carbonyl (C=O) groups excluding carboxylic acids is 1. The molecular formula is C18H15BrN2O3S2. The number of carbonyl (C=O) groups is 1. The quantitative estimate of drug-likeness (QED) is 0.406. The zero-order valence-corrected chi connectivity index (χ0v) is 17.0. The van der Waals surface area contributed by atoms with Gasteiger partial charge in [-0.15, -0.1) is 0 Å². The number of rotatable bonds is 6. The highest BCUT2D eigenvalue weighted by atomic mass is 79.9. The molecule has 0 unspecified atom stereocenters. The molecule has 1 fully saturated rings. The predicted molar refractivity (Wildman–Crippen MR) is 110 cm³/mol. The molecule has 0 saturated carbocycles. The van der Waals surface area contributed by atoms with Crippen molar-refractivity contribution in [1.82, 2.24) is 10.3 Å². The molecule has 1 aliphatic heterocycles. The monoisotopic (exact) mass is 450 g/mol. The number of hydrogen-bond donors (Lipinski definition) is 1. The molecule has 8 heteroatoms. The van der Waals surface area contributed by atoms with Gasteiger partial charge in [0, 0.05) is 15.7 Å². The van der Waals surface area contributed by atoms with Crippen LogP contribution in [0.3, 0.4) is 0 Å². The molecule has 0 atom stereocenters. The molecule has 134 valence electrons. The Bertz CT molecular complexity index is 869. The fourth-order valence-corrected chi connectivity index (χ4v) is 3.59. The van der Waals surface area contributed by atoms with E-state index in [1.165, 1.54) is 11.8 Å². The van der Waals surface area contributed by atoms with Crippen LogP contribution < -0.4 is 14.8 Å². The first kappa shape index (κ1) is 18.9. The van der Waals surface area contributed by atoms with Crippen molar-refractivity contribution in [1.29, 1.82) is 0 Å². The normalized spacial score (nSPS) is 15.2. The van der Waals surface area contributed by atoms with E-state index in [-0.39, 0.29) is 5.91 Å². The lowest BCUT2D eigenvalue weighted by atomic mass is 10.2. The maximum Gasteiger partial charge on any atom is 0.263 e.